The number of fused-ring (bicyclic) bond motifs is 3. The highest BCUT2D eigenvalue weighted by Crippen LogP contribution is 2.46. The predicted molar refractivity (Wildman–Crippen MR) is 148 cm³/mol. The monoisotopic (exact) mass is 617 g/mol. The number of carbonyl (C=O) groups excluding carboxylic acids is 2. The number of nitrogens with one attached hydrogen (secondary N) is 1. The fourth-order valence-electron chi connectivity index (χ4n) is 6.90. The van der Waals surface area contributed by atoms with Gasteiger partial charge in [-0.05, 0) is 74.3 Å². The van der Waals surface area contributed by atoms with Crippen LogP contribution < -0.4 is 5.32 Å². The third-order valence-electron chi connectivity index (χ3n) is 8.59. The van der Waals surface area contributed by atoms with Crippen LogP contribution in [-0.2, 0) is 31.5 Å². The van der Waals surface area contributed by atoms with E-state index in [1.807, 2.05) is 0 Å². The summed E-state index contributed by atoms with van der Waals surface area (Å²) in [5.74, 6) is -4.57. The first kappa shape index (κ1) is 29.2. The second kappa shape index (κ2) is 11.3. The van der Waals surface area contributed by atoms with Gasteiger partial charge in [0, 0.05) is 17.5 Å². The van der Waals surface area contributed by atoms with E-state index in [2.05, 4.69) is 10.4 Å². The van der Waals surface area contributed by atoms with Crippen molar-refractivity contribution in [3.8, 4) is 5.69 Å². The lowest BCUT2D eigenvalue weighted by Crippen LogP contribution is -2.49. The van der Waals surface area contributed by atoms with Crippen LogP contribution in [0.5, 0.6) is 0 Å². The van der Waals surface area contributed by atoms with E-state index >= 15 is 4.39 Å². The van der Waals surface area contributed by atoms with Crippen LogP contribution in [-0.4, -0.2) is 54.8 Å². The number of hydrogen-bond donors (Lipinski definition) is 1. The zero-order valence-corrected chi connectivity index (χ0v) is 24.1. The molecule has 2 aliphatic carbocycles. The van der Waals surface area contributed by atoms with E-state index in [0.29, 0.717) is 11.6 Å². The molecular formula is C30H30F3N3O6S. The van der Waals surface area contributed by atoms with Crippen LogP contribution in [0.1, 0.15) is 59.4 Å². The van der Waals surface area contributed by atoms with E-state index in [4.69, 9.17) is 9.47 Å². The van der Waals surface area contributed by atoms with E-state index in [0.717, 1.165) is 30.0 Å². The SMILES string of the molecule is CCOC(=O)O[C@@H]1C2CCC(C2)[C@@H]1NC(=O)c1nn(-c2ccc(F)cc2F)c2c1CS(=O)(=O)C[C@H]2Cc1cccc(F)c1. The Morgan fingerprint density at radius 1 is 1.07 bits per heavy atom. The lowest BCUT2D eigenvalue weighted by Gasteiger charge is -2.31. The van der Waals surface area contributed by atoms with Gasteiger partial charge in [-0.3, -0.25) is 4.79 Å². The molecule has 3 aliphatic rings. The summed E-state index contributed by atoms with van der Waals surface area (Å²) in [5, 5.41) is 7.33. The van der Waals surface area contributed by atoms with Gasteiger partial charge in [-0.2, -0.15) is 5.10 Å². The molecule has 13 heteroatoms. The zero-order valence-electron chi connectivity index (χ0n) is 23.3. The molecule has 5 atom stereocenters. The molecule has 0 spiro atoms. The number of halogens is 3. The van der Waals surface area contributed by atoms with Crippen molar-refractivity contribution in [2.45, 2.75) is 56.4 Å². The number of amides is 1. The summed E-state index contributed by atoms with van der Waals surface area (Å²) in [5.41, 5.74) is 0.502. The molecule has 3 aromatic rings. The number of rotatable bonds is 7. The van der Waals surface area contributed by atoms with Gasteiger partial charge in [0.15, 0.2) is 21.3 Å². The highest BCUT2D eigenvalue weighted by atomic mass is 32.2. The molecule has 2 bridgehead atoms. The summed E-state index contributed by atoms with van der Waals surface area (Å²) in [6, 6.07) is 8.03. The van der Waals surface area contributed by atoms with Crippen molar-refractivity contribution in [2.75, 3.05) is 12.4 Å². The van der Waals surface area contributed by atoms with Gasteiger partial charge in [0.05, 0.1) is 29.8 Å². The minimum absolute atomic E-state index is 0.0327. The van der Waals surface area contributed by atoms with Crippen LogP contribution in [0.15, 0.2) is 42.5 Å². The third-order valence-corrected chi connectivity index (χ3v) is 10.2. The molecule has 0 saturated heterocycles. The summed E-state index contributed by atoms with van der Waals surface area (Å²) in [6.45, 7) is 1.78. The van der Waals surface area contributed by atoms with Crippen molar-refractivity contribution < 1.29 is 40.7 Å². The van der Waals surface area contributed by atoms with Crippen molar-refractivity contribution in [1.82, 2.24) is 15.1 Å². The largest absolute Gasteiger partial charge is 0.508 e. The Bertz CT molecular complexity index is 1690. The Morgan fingerprint density at radius 3 is 2.58 bits per heavy atom. The van der Waals surface area contributed by atoms with Gasteiger partial charge in [0.1, 0.15) is 23.4 Å². The lowest BCUT2D eigenvalue weighted by molar-refractivity contribution is -0.00578. The lowest BCUT2D eigenvalue weighted by atomic mass is 9.91. The van der Waals surface area contributed by atoms with Crippen LogP contribution in [0.2, 0.25) is 0 Å². The highest BCUT2D eigenvalue weighted by Gasteiger charge is 2.51. The Hall–Kier alpha value is -3.87. The molecule has 2 aromatic carbocycles. The second-order valence-corrected chi connectivity index (χ2v) is 13.5. The molecule has 43 heavy (non-hydrogen) atoms. The van der Waals surface area contributed by atoms with Crippen molar-refractivity contribution in [3.63, 3.8) is 0 Å². The number of hydrogen-bond acceptors (Lipinski definition) is 7. The molecule has 1 amide bonds. The Morgan fingerprint density at radius 2 is 1.84 bits per heavy atom. The van der Waals surface area contributed by atoms with Gasteiger partial charge in [0.2, 0.25) is 0 Å². The molecule has 2 unspecified atom stereocenters. The fraction of sp³-hybridized carbons (Fsp3) is 0.433. The first-order valence-electron chi connectivity index (χ1n) is 14.2. The number of benzene rings is 2. The topological polar surface area (TPSA) is 117 Å². The van der Waals surface area contributed by atoms with Crippen molar-refractivity contribution in [3.05, 3.63) is 82.4 Å². The van der Waals surface area contributed by atoms with Gasteiger partial charge in [-0.1, -0.05) is 12.1 Å². The van der Waals surface area contributed by atoms with Crippen molar-refractivity contribution in [1.29, 1.82) is 0 Å². The van der Waals surface area contributed by atoms with Crippen LogP contribution >= 0.6 is 0 Å². The zero-order chi connectivity index (χ0) is 30.5. The maximum absolute atomic E-state index is 15.1. The molecule has 0 radical (unpaired) electrons. The first-order valence-corrected chi connectivity index (χ1v) is 16.0. The van der Waals surface area contributed by atoms with Gasteiger partial charge in [-0.15, -0.1) is 0 Å². The minimum Gasteiger partial charge on any atom is -0.435 e. The summed E-state index contributed by atoms with van der Waals surface area (Å²) in [7, 11) is -3.75. The predicted octanol–water partition coefficient (Wildman–Crippen LogP) is 4.61. The van der Waals surface area contributed by atoms with Crippen LogP contribution in [0.25, 0.3) is 5.69 Å². The number of aromatic nitrogens is 2. The average Bonchev–Trinajstić information content (AvgIpc) is 3.63. The molecule has 2 fully saturated rings. The first-order chi connectivity index (χ1) is 20.5. The standard InChI is InChI=1S/C30H30F3N3O6S/c1-2-41-30(38)42-28-18-7-6-17(12-18)25(28)34-29(37)26-22-15-43(39,40)14-19(10-16-4-3-5-20(31)11-16)27(22)36(35-26)24-9-8-21(32)13-23(24)33/h3-5,8-9,11,13,17-19,25,28H,2,6-7,10,12,14-15H2,1H3,(H,34,37)/t17?,18?,19-,25+,28-/m1/s1. The summed E-state index contributed by atoms with van der Waals surface area (Å²) < 4.78 is 80.9. The summed E-state index contributed by atoms with van der Waals surface area (Å²) >= 11 is 0. The maximum atomic E-state index is 15.1. The van der Waals surface area contributed by atoms with Gasteiger partial charge in [0.25, 0.3) is 5.91 Å². The third kappa shape index (κ3) is 5.74. The molecule has 2 heterocycles. The highest BCUT2D eigenvalue weighted by molar-refractivity contribution is 7.90. The summed E-state index contributed by atoms with van der Waals surface area (Å²) in [4.78, 5) is 26.0. The van der Waals surface area contributed by atoms with E-state index in [1.165, 1.54) is 24.3 Å². The number of nitrogens with zero attached hydrogens (tertiary/aromatic N) is 2. The van der Waals surface area contributed by atoms with Gasteiger partial charge >= 0.3 is 6.16 Å². The minimum atomic E-state index is -3.75. The number of ether oxygens (including phenoxy) is 2. The van der Waals surface area contributed by atoms with Gasteiger partial charge in [-0.25, -0.2) is 31.1 Å². The van der Waals surface area contributed by atoms with Crippen molar-refractivity contribution >= 4 is 21.9 Å². The number of sulfone groups is 1. The van der Waals surface area contributed by atoms with Gasteiger partial charge < -0.3 is 14.8 Å². The van der Waals surface area contributed by atoms with Crippen LogP contribution in [0.4, 0.5) is 18.0 Å². The van der Waals surface area contributed by atoms with E-state index < -0.39 is 63.2 Å². The Kier molecular flexibility index (Phi) is 7.69. The molecule has 9 nitrogen and oxygen atoms in total. The normalized spacial score (nSPS) is 25.3. The molecule has 6 rings (SSSR count). The fourth-order valence-corrected chi connectivity index (χ4v) is 8.63. The molecule has 2 saturated carbocycles. The van der Waals surface area contributed by atoms with E-state index in [9.17, 15) is 26.8 Å². The van der Waals surface area contributed by atoms with Crippen molar-refractivity contribution in [2.24, 2.45) is 11.8 Å². The maximum Gasteiger partial charge on any atom is 0.508 e. The smallest absolute Gasteiger partial charge is 0.435 e. The number of carbonyl (C=O) groups is 2. The van der Waals surface area contributed by atoms with E-state index in [1.54, 1.807) is 13.0 Å². The molecular weight excluding hydrogens is 587 g/mol. The molecule has 1 aromatic heterocycles. The van der Waals surface area contributed by atoms with Crippen LogP contribution in [0.3, 0.4) is 0 Å². The molecule has 228 valence electrons. The summed E-state index contributed by atoms with van der Waals surface area (Å²) in [6.07, 6.45) is 0.996. The quantitative estimate of drug-likeness (QED) is 0.385. The molecule has 1 N–H and O–H groups in total. The Balaban J connectivity index is 1.41. The average molecular weight is 618 g/mol. The molecule has 1 aliphatic heterocycles. The Labute approximate surface area is 246 Å². The second-order valence-electron chi connectivity index (χ2n) is 11.4. The van der Waals surface area contributed by atoms with E-state index in [-0.39, 0.29) is 53.3 Å². The van der Waals surface area contributed by atoms with Crippen LogP contribution in [0, 0.1) is 29.3 Å².